The molecule has 2 atom stereocenters. The molecule has 2 amide bonds. The minimum atomic E-state index is -0.337. The van der Waals surface area contributed by atoms with E-state index in [1.807, 2.05) is 39.0 Å². The highest BCUT2D eigenvalue weighted by Crippen LogP contribution is 2.29. The monoisotopic (exact) mass is 386 g/mol. The number of morpholine rings is 1. The van der Waals surface area contributed by atoms with Crippen molar-refractivity contribution in [1.82, 2.24) is 25.0 Å². The van der Waals surface area contributed by atoms with Gasteiger partial charge in [-0.05, 0) is 32.9 Å². The van der Waals surface area contributed by atoms with E-state index in [9.17, 15) is 4.79 Å². The molecule has 0 spiro atoms. The van der Waals surface area contributed by atoms with E-state index in [1.54, 1.807) is 11.0 Å². The number of hydrogen-bond acceptors (Lipinski definition) is 5. The summed E-state index contributed by atoms with van der Waals surface area (Å²) in [5.41, 5.74) is 1.01. The van der Waals surface area contributed by atoms with Crippen LogP contribution in [0.15, 0.2) is 36.7 Å². The van der Waals surface area contributed by atoms with Crippen molar-refractivity contribution in [2.24, 2.45) is 0 Å². The zero-order chi connectivity index (χ0) is 20.1. The SMILES string of the molecule is CCN1CCO[C@@H](CNC(=O)Nc2ncn(C(C)(C)C)n2)[C@@H]1c1ccccc1. The Morgan fingerprint density at radius 1 is 1.29 bits per heavy atom. The Morgan fingerprint density at radius 3 is 2.68 bits per heavy atom. The molecule has 0 bridgehead atoms. The first kappa shape index (κ1) is 20.3. The Hall–Kier alpha value is -2.45. The highest BCUT2D eigenvalue weighted by Gasteiger charge is 2.32. The first-order valence-electron chi connectivity index (χ1n) is 9.76. The molecule has 1 aromatic heterocycles. The Bertz CT molecular complexity index is 771. The lowest BCUT2D eigenvalue weighted by Crippen LogP contribution is -2.50. The molecule has 0 aliphatic carbocycles. The van der Waals surface area contributed by atoms with Crippen LogP contribution in [0.5, 0.6) is 0 Å². The van der Waals surface area contributed by atoms with Gasteiger partial charge in [0.15, 0.2) is 0 Å². The van der Waals surface area contributed by atoms with E-state index in [-0.39, 0.29) is 29.7 Å². The Balaban J connectivity index is 1.61. The summed E-state index contributed by atoms with van der Waals surface area (Å²) in [7, 11) is 0. The van der Waals surface area contributed by atoms with Crippen molar-refractivity contribution < 1.29 is 9.53 Å². The summed E-state index contributed by atoms with van der Waals surface area (Å²) in [4.78, 5) is 18.9. The molecular weight excluding hydrogens is 356 g/mol. The molecule has 0 saturated carbocycles. The Labute approximate surface area is 166 Å². The van der Waals surface area contributed by atoms with Crippen molar-refractivity contribution in [3.8, 4) is 0 Å². The first-order chi connectivity index (χ1) is 13.4. The molecule has 2 N–H and O–H groups in total. The summed E-state index contributed by atoms with van der Waals surface area (Å²) in [5.74, 6) is 0.284. The van der Waals surface area contributed by atoms with Crippen LogP contribution >= 0.6 is 0 Å². The van der Waals surface area contributed by atoms with Gasteiger partial charge in [-0.25, -0.2) is 14.5 Å². The van der Waals surface area contributed by atoms with Gasteiger partial charge in [0.25, 0.3) is 0 Å². The third-order valence-electron chi connectivity index (χ3n) is 4.87. The molecule has 2 heterocycles. The van der Waals surface area contributed by atoms with Gasteiger partial charge in [0.05, 0.1) is 24.3 Å². The van der Waals surface area contributed by atoms with E-state index in [4.69, 9.17) is 4.74 Å². The third-order valence-corrected chi connectivity index (χ3v) is 4.87. The molecular formula is C20H30N6O2. The molecule has 1 aliphatic heterocycles. The largest absolute Gasteiger partial charge is 0.373 e. The van der Waals surface area contributed by atoms with Gasteiger partial charge in [0, 0.05) is 13.1 Å². The number of amides is 2. The van der Waals surface area contributed by atoms with Crippen LogP contribution in [0, 0.1) is 0 Å². The van der Waals surface area contributed by atoms with Crippen molar-refractivity contribution in [3.63, 3.8) is 0 Å². The smallest absolute Gasteiger partial charge is 0.321 e. The third kappa shape index (κ3) is 4.88. The number of urea groups is 1. The van der Waals surface area contributed by atoms with Crippen molar-refractivity contribution in [2.45, 2.75) is 45.4 Å². The molecule has 1 aliphatic rings. The lowest BCUT2D eigenvalue weighted by atomic mass is 9.98. The quantitative estimate of drug-likeness (QED) is 0.825. The molecule has 1 saturated heterocycles. The van der Waals surface area contributed by atoms with Crippen LogP contribution in [0.4, 0.5) is 10.7 Å². The van der Waals surface area contributed by atoms with Crippen LogP contribution in [-0.2, 0) is 10.3 Å². The summed E-state index contributed by atoms with van der Waals surface area (Å²) in [6.45, 7) is 11.1. The van der Waals surface area contributed by atoms with Crippen LogP contribution in [0.25, 0.3) is 0 Å². The number of carbonyl (C=O) groups excluding carboxylic acids is 1. The van der Waals surface area contributed by atoms with Gasteiger partial charge in [0.2, 0.25) is 5.95 Å². The number of nitrogens with one attached hydrogen (secondary N) is 2. The Morgan fingerprint density at radius 2 is 2.04 bits per heavy atom. The van der Waals surface area contributed by atoms with Gasteiger partial charge in [-0.1, -0.05) is 37.3 Å². The minimum absolute atomic E-state index is 0.110. The Kier molecular flexibility index (Phi) is 6.31. The molecule has 8 heteroatoms. The summed E-state index contributed by atoms with van der Waals surface area (Å²) < 4.78 is 7.73. The summed E-state index contributed by atoms with van der Waals surface area (Å²) in [6, 6.07) is 10.1. The molecule has 8 nitrogen and oxygen atoms in total. The maximum absolute atomic E-state index is 12.3. The first-order valence-corrected chi connectivity index (χ1v) is 9.76. The van der Waals surface area contributed by atoms with Gasteiger partial charge in [-0.15, -0.1) is 5.10 Å². The fourth-order valence-corrected chi connectivity index (χ4v) is 3.37. The van der Waals surface area contributed by atoms with E-state index >= 15 is 0 Å². The second kappa shape index (κ2) is 8.70. The van der Waals surface area contributed by atoms with Gasteiger partial charge in [-0.2, -0.15) is 0 Å². The van der Waals surface area contributed by atoms with E-state index in [1.165, 1.54) is 5.56 Å². The topological polar surface area (TPSA) is 84.3 Å². The van der Waals surface area contributed by atoms with Crippen LogP contribution in [0.2, 0.25) is 0 Å². The van der Waals surface area contributed by atoms with Crippen LogP contribution in [-0.4, -0.2) is 58.0 Å². The summed E-state index contributed by atoms with van der Waals surface area (Å²) in [5, 5.41) is 9.89. The number of aromatic nitrogens is 3. The molecule has 3 rings (SSSR count). The lowest BCUT2D eigenvalue weighted by Gasteiger charge is -2.41. The maximum Gasteiger partial charge on any atom is 0.321 e. The number of hydrogen-bond donors (Lipinski definition) is 2. The average molecular weight is 387 g/mol. The van der Waals surface area contributed by atoms with Crippen molar-refractivity contribution in [2.75, 3.05) is 31.6 Å². The van der Waals surface area contributed by atoms with E-state index < -0.39 is 0 Å². The predicted octanol–water partition coefficient (Wildman–Crippen LogP) is 2.62. The molecule has 0 unspecified atom stereocenters. The molecule has 0 radical (unpaired) electrons. The highest BCUT2D eigenvalue weighted by molar-refractivity contribution is 5.87. The average Bonchev–Trinajstić information content (AvgIpc) is 3.15. The van der Waals surface area contributed by atoms with Crippen LogP contribution in [0.3, 0.4) is 0 Å². The zero-order valence-corrected chi connectivity index (χ0v) is 17.1. The van der Waals surface area contributed by atoms with Crippen molar-refractivity contribution in [3.05, 3.63) is 42.2 Å². The van der Waals surface area contributed by atoms with E-state index in [0.717, 1.165) is 13.1 Å². The van der Waals surface area contributed by atoms with E-state index in [2.05, 4.69) is 44.7 Å². The number of carbonyl (C=O) groups is 1. The lowest BCUT2D eigenvalue weighted by molar-refractivity contribution is -0.0680. The number of likely N-dealkylation sites (N-methyl/N-ethyl adjacent to an activating group) is 1. The van der Waals surface area contributed by atoms with Gasteiger partial charge in [0.1, 0.15) is 6.33 Å². The predicted molar refractivity (Wildman–Crippen MR) is 108 cm³/mol. The van der Waals surface area contributed by atoms with E-state index in [0.29, 0.717) is 13.2 Å². The molecule has 152 valence electrons. The highest BCUT2D eigenvalue weighted by atomic mass is 16.5. The molecule has 2 aromatic rings. The number of ether oxygens (including phenoxy) is 1. The van der Waals surface area contributed by atoms with Crippen molar-refractivity contribution in [1.29, 1.82) is 0 Å². The van der Waals surface area contributed by atoms with Gasteiger partial charge in [-0.3, -0.25) is 10.2 Å². The van der Waals surface area contributed by atoms with Crippen molar-refractivity contribution >= 4 is 12.0 Å². The summed E-state index contributed by atoms with van der Waals surface area (Å²) >= 11 is 0. The van der Waals surface area contributed by atoms with Gasteiger partial charge < -0.3 is 10.1 Å². The standard InChI is InChI=1S/C20H30N6O2/c1-5-25-11-12-28-16(17(25)15-9-7-6-8-10-15)13-21-19(27)23-18-22-14-26(24-18)20(2,3)4/h6-10,14,16-17H,5,11-13H2,1-4H3,(H2,21,23,24,27)/t16-,17-/m0/s1. The number of nitrogens with zero attached hydrogens (tertiary/aromatic N) is 4. The normalized spacial score (nSPS) is 20.7. The maximum atomic E-state index is 12.3. The number of benzene rings is 1. The molecule has 1 aromatic carbocycles. The van der Waals surface area contributed by atoms with Gasteiger partial charge >= 0.3 is 6.03 Å². The zero-order valence-electron chi connectivity index (χ0n) is 17.1. The number of rotatable bonds is 5. The summed E-state index contributed by atoms with van der Waals surface area (Å²) in [6.07, 6.45) is 1.49. The fourth-order valence-electron chi connectivity index (χ4n) is 3.37. The second-order valence-corrected chi connectivity index (χ2v) is 7.91. The van der Waals surface area contributed by atoms with Crippen LogP contribution < -0.4 is 10.6 Å². The second-order valence-electron chi connectivity index (χ2n) is 7.91. The molecule has 28 heavy (non-hydrogen) atoms. The number of anilines is 1. The fraction of sp³-hybridized carbons (Fsp3) is 0.550. The van der Waals surface area contributed by atoms with Crippen LogP contribution in [0.1, 0.15) is 39.3 Å². The minimum Gasteiger partial charge on any atom is -0.373 e. The molecule has 1 fully saturated rings.